The number of fused-ring (bicyclic) bond motifs is 1. The zero-order valence-electron chi connectivity index (χ0n) is 21.9. The standard InChI is InChI=1S/C26H34F2N6O4/c1-15(2)13-33-23-17(12-29-34(23)25(38)21(24(33)37)22(36)30-18-5-6-18)4-7-20(35)32-9-8-31(14-16(32)3)19-10-26(27,28)11-19/h4,7,12,15-16,18-19H,5-6,8-11,13-14H2,1-3H3,(H2,30,36,37,38)/p+1/b7-4+/t16-/m1/s1. The summed E-state index contributed by atoms with van der Waals surface area (Å²) in [7, 11) is 0. The van der Waals surface area contributed by atoms with Crippen molar-refractivity contribution in [3.05, 3.63) is 33.8 Å². The van der Waals surface area contributed by atoms with Crippen LogP contribution in [0.5, 0.6) is 5.88 Å². The SMILES string of the molecule is CC(C)C[n+]1c(O)c(C(=O)NC2CC2)c(=O)n2[nH]cc(/C=C/C(=O)N3CCN(C4CC(F)(F)C4)C[C@H]3C)c21. The van der Waals surface area contributed by atoms with Gasteiger partial charge in [-0.25, -0.2) is 18.7 Å². The van der Waals surface area contributed by atoms with Crippen molar-refractivity contribution in [3.63, 3.8) is 0 Å². The zero-order valence-corrected chi connectivity index (χ0v) is 21.9. The molecule has 2 aromatic heterocycles. The minimum atomic E-state index is -2.58. The summed E-state index contributed by atoms with van der Waals surface area (Å²) in [6, 6.07) is -0.249. The maximum atomic E-state index is 13.3. The van der Waals surface area contributed by atoms with Crippen LogP contribution in [0, 0.1) is 5.92 Å². The molecule has 38 heavy (non-hydrogen) atoms. The van der Waals surface area contributed by atoms with Crippen molar-refractivity contribution >= 4 is 23.5 Å². The molecule has 1 saturated heterocycles. The van der Waals surface area contributed by atoms with Gasteiger partial charge < -0.3 is 15.3 Å². The number of carbonyl (C=O) groups is 2. The van der Waals surface area contributed by atoms with Crippen LogP contribution in [0.25, 0.3) is 11.7 Å². The highest BCUT2D eigenvalue weighted by atomic mass is 19.3. The maximum Gasteiger partial charge on any atom is 0.378 e. The quantitative estimate of drug-likeness (QED) is 0.369. The minimum absolute atomic E-state index is 0.0209. The zero-order chi connectivity index (χ0) is 27.4. The highest BCUT2D eigenvalue weighted by molar-refractivity contribution is 5.96. The highest BCUT2D eigenvalue weighted by Gasteiger charge is 2.48. The molecule has 2 saturated carbocycles. The molecule has 2 aliphatic carbocycles. The van der Waals surface area contributed by atoms with Crippen molar-refractivity contribution in [1.29, 1.82) is 0 Å². The van der Waals surface area contributed by atoms with Crippen molar-refractivity contribution in [2.75, 3.05) is 19.6 Å². The van der Waals surface area contributed by atoms with E-state index in [1.54, 1.807) is 17.2 Å². The molecule has 3 fully saturated rings. The van der Waals surface area contributed by atoms with Crippen LogP contribution >= 0.6 is 0 Å². The van der Waals surface area contributed by atoms with Crippen molar-refractivity contribution in [2.45, 2.75) is 77.0 Å². The van der Waals surface area contributed by atoms with E-state index in [0.717, 1.165) is 12.8 Å². The predicted molar refractivity (Wildman–Crippen MR) is 135 cm³/mol. The lowest BCUT2D eigenvalue weighted by atomic mass is 9.86. The Balaban J connectivity index is 1.38. The van der Waals surface area contributed by atoms with E-state index >= 15 is 0 Å². The van der Waals surface area contributed by atoms with Gasteiger partial charge in [-0.3, -0.25) is 14.5 Å². The Labute approximate surface area is 218 Å². The van der Waals surface area contributed by atoms with Crippen LogP contribution in [-0.4, -0.2) is 80.0 Å². The number of nitrogens with one attached hydrogen (secondary N) is 2. The summed E-state index contributed by atoms with van der Waals surface area (Å²) in [5.74, 6) is -3.73. The number of nitrogens with zero attached hydrogens (tertiary/aromatic N) is 4. The first-order valence-electron chi connectivity index (χ1n) is 13.3. The Bertz CT molecular complexity index is 1340. The fourth-order valence-corrected chi connectivity index (χ4v) is 5.40. The molecule has 1 aliphatic heterocycles. The van der Waals surface area contributed by atoms with Gasteiger partial charge in [-0.1, -0.05) is 18.4 Å². The Hall–Kier alpha value is -3.28. The van der Waals surface area contributed by atoms with Gasteiger partial charge in [-0.15, -0.1) is 0 Å². The van der Waals surface area contributed by atoms with Crippen LogP contribution in [0.1, 0.15) is 62.4 Å². The third-order valence-corrected chi connectivity index (χ3v) is 7.59. The van der Waals surface area contributed by atoms with E-state index in [4.69, 9.17) is 0 Å². The fraction of sp³-hybridized carbons (Fsp3) is 0.615. The summed E-state index contributed by atoms with van der Waals surface area (Å²) >= 11 is 0. The number of rotatable bonds is 7. The van der Waals surface area contributed by atoms with Crippen LogP contribution in [0.3, 0.4) is 0 Å². The van der Waals surface area contributed by atoms with Gasteiger partial charge in [0.1, 0.15) is 0 Å². The number of amides is 2. The molecule has 2 amide bonds. The fourth-order valence-electron chi connectivity index (χ4n) is 5.40. The van der Waals surface area contributed by atoms with E-state index in [9.17, 15) is 28.3 Å². The number of hydrogen-bond donors (Lipinski definition) is 3. The van der Waals surface area contributed by atoms with Crippen LogP contribution in [0.15, 0.2) is 17.1 Å². The van der Waals surface area contributed by atoms with E-state index < -0.39 is 23.3 Å². The molecule has 0 aromatic carbocycles. The number of hydrogen-bond acceptors (Lipinski definition) is 5. The average Bonchev–Trinajstić information content (AvgIpc) is 3.53. The number of carbonyl (C=O) groups excluding carboxylic acids is 2. The van der Waals surface area contributed by atoms with Gasteiger partial charge >= 0.3 is 17.1 Å². The normalized spacial score (nSPS) is 22.4. The number of H-pyrrole nitrogens is 1. The molecular formula is C26H35F2N6O4+. The van der Waals surface area contributed by atoms with Crippen molar-refractivity contribution in [2.24, 2.45) is 5.92 Å². The molecule has 0 spiro atoms. The second-order valence-corrected chi connectivity index (χ2v) is 11.3. The largest absolute Gasteiger partial charge is 0.477 e. The van der Waals surface area contributed by atoms with Gasteiger partial charge in [-0.05, 0) is 31.8 Å². The number of aromatic amines is 1. The lowest BCUT2D eigenvalue weighted by molar-refractivity contribution is -0.686. The van der Waals surface area contributed by atoms with E-state index in [-0.39, 0.29) is 48.4 Å². The van der Waals surface area contributed by atoms with Gasteiger partial charge in [0.2, 0.25) is 11.5 Å². The predicted octanol–water partition coefficient (Wildman–Crippen LogP) is 1.51. The molecule has 3 heterocycles. The molecule has 0 bridgehead atoms. The van der Waals surface area contributed by atoms with Gasteiger partial charge in [0.05, 0.1) is 18.3 Å². The molecule has 0 unspecified atom stereocenters. The van der Waals surface area contributed by atoms with Crippen molar-refractivity contribution < 1.29 is 28.0 Å². The molecule has 3 N–H and O–H groups in total. The third-order valence-electron chi connectivity index (χ3n) is 7.59. The van der Waals surface area contributed by atoms with Crippen molar-refractivity contribution in [3.8, 4) is 5.88 Å². The summed E-state index contributed by atoms with van der Waals surface area (Å²) in [4.78, 5) is 42.7. The smallest absolute Gasteiger partial charge is 0.378 e. The average molecular weight is 534 g/mol. The topological polar surface area (TPSA) is 114 Å². The summed E-state index contributed by atoms with van der Waals surface area (Å²) in [6.45, 7) is 7.67. The van der Waals surface area contributed by atoms with Crippen LogP contribution in [0.4, 0.5) is 8.78 Å². The molecular weight excluding hydrogens is 498 g/mol. The lowest BCUT2D eigenvalue weighted by Gasteiger charge is -2.48. The van der Waals surface area contributed by atoms with E-state index in [0.29, 0.717) is 37.4 Å². The van der Waals surface area contributed by atoms with Crippen LogP contribution in [-0.2, 0) is 11.3 Å². The van der Waals surface area contributed by atoms with Gasteiger partial charge in [0.25, 0.3) is 11.8 Å². The number of aromatic hydroxyl groups is 1. The van der Waals surface area contributed by atoms with Crippen molar-refractivity contribution in [1.82, 2.24) is 24.7 Å². The number of alkyl halides is 2. The molecule has 5 rings (SSSR count). The third kappa shape index (κ3) is 5.05. The van der Waals surface area contributed by atoms with Gasteiger partial charge in [0, 0.05) is 56.7 Å². The van der Waals surface area contributed by atoms with Crippen LogP contribution < -0.4 is 15.4 Å². The molecule has 206 valence electrons. The van der Waals surface area contributed by atoms with E-state index in [1.807, 2.05) is 25.7 Å². The number of aromatic nitrogens is 3. The number of piperazine rings is 1. The summed E-state index contributed by atoms with van der Waals surface area (Å²) in [5, 5.41) is 16.7. The summed E-state index contributed by atoms with van der Waals surface area (Å²) < 4.78 is 29.3. The molecule has 10 nitrogen and oxygen atoms in total. The Morgan fingerprint density at radius 1 is 1.29 bits per heavy atom. The molecule has 12 heteroatoms. The van der Waals surface area contributed by atoms with E-state index in [2.05, 4.69) is 10.4 Å². The minimum Gasteiger partial charge on any atom is -0.477 e. The second kappa shape index (κ2) is 9.79. The molecule has 0 radical (unpaired) electrons. The van der Waals surface area contributed by atoms with Gasteiger partial charge in [-0.2, -0.15) is 4.57 Å². The van der Waals surface area contributed by atoms with Gasteiger partial charge in [0.15, 0.2) is 0 Å². The van der Waals surface area contributed by atoms with E-state index in [1.165, 1.54) is 15.2 Å². The highest BCUT2D eigenvalue weighted by Crippen LogP contribution is 2.41. The first-order chi connectivity index (χ1) is 17.9. The maximum absolute atomic E-state index is 13.3. The second-order valence-electron chi connectivity index (χ2n) is 11.3. The lowest BCUT2D eigenvalue weighted by Crippen LogP contribution is -2.60. The first kappa shape index (κ1) is 26.3. The first-order valence-corrected chi connectivity index (χ1v) is 13.3. The Kier molecular flexibility index (Phi) is 6.79. The summed E-state index contributed by atoms with van der Waals surface area (Å²) in [6.07, 6.45) is 6.00. The monoisotopic (exact) mass is 533 g/mol. The Morgan fingerprint density at radius 3 is 2.61 bits per heavy atom. The molecule has 2 aromatic rings. The number of halogens is 2. The molecule has 3 aliphatic rings. The summed E-state index contributed by atoms with van der Waals surface area (Å²) in [5.41, 5.74) is -0.145. The Morgan fingerprint density at radius 2 is 2.00 bits per heavy atom. The molecule has 1 atom stereocenters. The van der Waals surface area contributed by atoms with Crippen LogP contribution in [0.2, 0.25) is 0 Å².